The lowest BCUT2D eigenvalue weighted by Gasteiger charge is -2.43. The van der Waals surface area contributed by atoms with Crippen LogP contribution in [0.25, 0.3) is 10.9 Å². The molecule has 4 heterocycles. The molecule has 3 aliphatic rings. The SMILES string of the molecule is COc1ccc2c(c1)[C@H]1[C@H](CCN1Cc1ccc3[nH]ccc3c1)[C@H]1CCCN21. The van der Waals surface area contributed by atoms with Crippen LogP contribution in [0.5, 0.6) is 5.75 Å². The molecule has 4 nitrogen and oxygen atoms in total. The molecule has 0 unspecified atom stereocenters. The van der Waals surface area contributed by atoms with Gasteiger partial charge in [-0.1, -0.05) is 6.07 Å². The van der Waals surface area contributed by atoms with Gasteiger partial charge >= 0.3 is 0 Å². The number of rotatable bonds is 3. The number of methoxy groups -OCH3 is 1. The van der Waals surface area contributed by atoms with Crippen LogP contribution in [0.3, 0.4) is 0 Å². The molecule has 3 atom stereocenters. The Kier molecular flexibility index (Phi) is 3.70. The van der Waals surface area contributed by atoms with Crippen LogP contribution in [0.15, 0.2) is 48.7 Å². The maximum atomic E-state index is 5.59. The van der Waals surface area contributed by atoms with Crippen molar-refractivity contribution in [3.8, 4) is 5.75 Å². The Bertz CT molecular complexity index is 1030. The number of fused-ring (bicyclic) bond motifs is 7. The molecular weight excluding hydrogens is 346 g/mol. The molecule has 0 bridgehead atoms. The van der Waals surface area contributed by atoms with E-state index in [1.165, 1.54) is 60.1 Å². The molecule has 144 valence electrons. The van der Waals surface area contributed by atoms with Crippen LogP contribution in [0, 0.1) is 5.92 Å². The van der Waals surface area contributed by atoms with Gasteiger partial charge in [0.05, 0.1) is 7.11 Å². The fourth-order valence-corrected chi connectivity index (χ4v) is 6.02. The van der Waals surface area contributed by atoms with Gasteiger partial charge in [-0.2, -0.15) is 0 Å². The number of H-pyrrole nitrogens is 1. The first kappa shape index (κ1) is 16.5. The number of benzene rings is 2. The van der Waals surface area contributed by atoms with Crippen molar-refractivity contribution in [1.29, 1.82) is 0 Å². The summed E-state index contributed by atoms with van der Waals surface area (Å²) in [7, 11) is 1.78. The van der Waals surface area contributed by atoms with Gasteiger partial charge in [0.1, 0.15) is 5.75 Å². The van der Waals surface area contributed by atoms with E-state index in [9.17, 15) is 0 Å². The van der Waals surface area contributed by atoms with E-state index in [-0.39, 0.29) is 0 Å². The number of anilines is 1. The Morgan fingerprint density at radius 2 is 2.04 bits per heavy atom. The molecule has 0 amide bonds. The van der Waals surface area contributed by atoms with Gasteiger partial charge in [-0.3, -0.25) is 4.90 Å². The summed E-state index contributed by atoms with van der Waals surface area (Å²) in [5.74, 6) is 1.72. The Labute approximate surface area is 166 Å². The molecule has 4 heteroatoms. The number of aromatic amines is 1. The molecule has 2 aromatic carbocycles. The summed E-state index contributed by atoms with van der Waals surface area (Å²) >= 11 is 0. The molecule has 3 aromatic rings. The van der Waals surface area contributed by atoms with E-state index in [4.69, 9.17) is 4.74 Å². The third kappa shape index (κ3) is 2.40. The largest absolute Gasteiger partial charge is 0.497 e. The second-order valence-electron chi connectivity index (χ2n) is 8.59. The van der Waals surface area contributed by atoms with Gasteiger partial charge in [0.15, 0.2) is 0 Å². The van der Waals surface area contributed by atoms with Crippen molar-refractivity contribution in [3.63, 3.8) is 0 Å². The Balaban J connectivity index is 1.39. The summed E-state index contributed by atoms with van der Waals surface area (Å²) in [5.41, 5.74) is 5.55. The number of likely N-dealkylation sites (tertiary alicyclic amines) is 1. The predicted octanol–water partition coefficient (Wildman–Crippen LogP) is 4.72. The van der Waals surface area contributed by atoms with E-state index in [0.717, 1.165) is 18.2 Å². The van der Waals surface area contributed by atoms with E-state index < -0.39 is 0 Å². The van der Waals surface area contributed by atoms with Gasteiger partial charge in [-0.25, -0.2) is 0 Å². The second-order valence-corrected chi connectivity index (χ2v) is 8.59. The highest BCUT2D eigenvalue weighted by molar-refractivity contribution is 5.79. The molecule has 0 radical (unpaired) electrons. The first-order valence-corrected chi connectivity index (χ1v) is 10.6. The van der Waals surface area contributed by atoms with Crippen molar-refractivity contribution in [2.24, 2.45) is 5.92 Å². The van der Waals surface area contributed by atoms with Crippen molar-refractivity contribution in [3.05, 3.63) is 59.8 Å². The van der Waals surface area contributed by atoms with E-state index in [0.29, 0.717) is 12.1 Å². The molecular formula is C24H27N3O. The van der Waals surface area contributed by atoms with Crippen LogP contribution in [-0.4, -0.2) is 36.1 Å². The Morgan fingerprint density at radius 3 is 2.96 bits per heavy atom. The van der Waals surface area contributed by atoms with E-state index >= 15 is 0 Å². The van der Waals surface area contributed by atoms with Gasteiger partial charge in [0.25, 0.3) is 0 Å². The number of ether oxygens (including phenoxy) is 1. The van der Waals surface area contributed by atoms with Crippen LogP contribution in [-0.2, 0) is 6.54 Å². The number of nitrogens with one attached hydrogen (secondary N) is 1. The van der Waals surface area contributed by atoms with Gasteiger partial charge in [-0.15, -0.1) is 0 Å². The first-order chi connectivity index (χ1) is 13.8. The average Bonchev–Trinajstić information content (AvgIpc) is 3.46. The first-order valence-electron chi connectivity index (χ1n) is 10.6. The zero-order chi connectivity index (χ0) is 18.7. The number of hydrogen-bond donors (Lipinski definition) is 1. The molecule has 3 aliphatic heterocycles. The summed E-state index contributed by atoms with van der Waals surface area (Å²) in [6.45, 7) is 3.41. The molecule has 2 saturated heterocycles. The maximum Gasteiger partial charge on any atom is 0.119 e. The Hall–Kier alpha value is -2.46. The summed E-state index contributed by atoms with van der Waals surface area (Å²) in [4.78, 5) is 8.70. The van der Waals surface area contributed by atoms with Crippen molar-refractivity contribution in [1.82, 2.24) is 9.88 Å². The Morgan fingerprint density at radius 1 is 1.07 bits per heavy atom. The molecule has 2 fully saturated rings. The van der Waals surface area contributed by atoms with Crippen LogP contribution >= 0.6 is 0 Å². The lowest BCUT2D eigenvalue weighted by atomic mass is 9.81. The minimum absolute atomic E-state index is 0.506. The van der Waals surface area contributed by atoms with Gasteiger partial charge in [-0.05, 0) is 78.7 Å². The highest BCUT2D eigenvalue weighted by atomic mass is 16.5. The van der Waals surface area contributed by atoms with Crippen LogP contribution in [0.2, 0.25) is 0 Å². The van der Waals surface area contributed by atoms with Crippen molar-refractivity contribution < 1.29 is 4.74 Å². The van der Waals surface area contributed by atoms with Gasteiger partial charge < -0.3 is 14.6 Å². The quantitative estimate of drug-likeness (QED) is 0.721. The highest BCUT2D eigenvalue weighted by Crippen LogP contribution is 2.52. The topological polar surface area (TPSA) is 31.5 Å². The zero-order valence-corrected chi connectivity index (χ0v) is 16.4. The minimum Gasteiger partial charge on any atom is -0.497 e. The van der Waals surface area contributed by atoms with Gasteiger partial charge in [0.2, 0.25) is 0 Å². The van der Waals surface area contributed by atoms with E-state index in [1.807, 2.05) is 6.20 Å². The third-order valence-corrected chi connectivity index (χ3v) is 7.21. The maximum absolute atomic E-state index is 5.59. The highest BCUT2D eigenvalue weighted by Gasteiger charge is 2.48. The summed E-state index contributed by atoms with van der Waals surface area (Å²) in [6.07, 6.45) is 5.99. The predicted molar refractivity (Wildman–Crippen MR) is 113 cm³/mol. The van der Waals surface area contributed by atoms with Crippen LogP contribution in [0.4, 0.5) is 5.69 Å². The second kappa shape index (κ2) is 6.28. The smallest absolute Gasteiger partial charge is 0.119 e. The van der Waals surface area contributed by atoms with Crippen molar-refractivity contribution >= 4 is 16.6 Å². The number of nitrogens with zero attached hydrogens (tertiary/aromatic N) is 2. The molecule has 0 saturated carbocycles. The molecule has 0 spiro atoms. The molecule has 6 rings (SSSR count). The fraction of sp³-hybridized carbons (Fsp3) is 0.417. The molecule has 0 aliphatic carbocycles. The van der Waals surface area contributed by atoms with E-state index in [2.05, 4.69) is 57.2 Å². The summed E-state index contributed by atoms with van der Waals surface area (Å²) in [6, 6.07) is 17.0. The van der Waals surface area contributed by atoms with Crippen molar-refractivity contribution in [2.75, 3.05) is 25.1 Å². The van der Waals surface area contributed by atoms with Gasteiger partial charge in [0, 0.05) is 48.5 Å². The molecule has 1 N–H and O–H groups in total. The minimum atomic E-state index is 0.506. The third-order valence-electron chi connectivity index (χ3n) is 7.21. The van der Waals surface area contributed by atoms with Crippen LogP contribution in [0.1, 0.15) is 36.4 Å². The normalized spacial score (nSPS) is 26.3. The average molecular weight is 374 g/mol. The summed E-state index contributed by atoms with van der Waals surface area (Å²) in [5, 5.41) is 1.31. The van der Waals surface area contributed by atoms with Crippen molar-refractivity contribution in [2.45, 2.75) is 37.9 Å². The standard InChI is InChI=1S/C24H27N3O/c1-28-18-5-7-23-20(14-18)24-19(22-3-2-11-27(22)23)9-12-26(24)15-16-4-6-21-17(13-16)8-10-25-21/h4-8,10,13-14,19,22,24-25H,2-3,9,11-12,15H2,1H3/t19-,22-,24-/m1/s1. The lowest BCUT2D eigenvalue weighted by molar-refractivity contribution is 0.199. The van der Waals surface area contributed by atoms with E-state index in [1.54, 1.807) is 7.11 Å². The number of hydrogen-bond acceptors (Lipinski definition) is 3. The lowest BCUT2D eigenvalue weighted by Crippen LogP contribution is -2.43. The zero-order valence-electron chi connectivity index (χ0n) is 16.4. The monoisotopic (exact) mass is 373 g/mol. The fourth-order valence-electron chi connectivity index (χ4n) is 6.02. The molecule has 1 aromatic heterocycles. The van der Waals surface area contributed by atoms with Crippen LogP contribution < -0.4 is 9.64 Å². The summed E-state index contributed by atoms with van der Waals surface area (Å²) < 4.78 is 5.59. The number of aromatic nitrogens is 1. The molecule has 28 heavy (non-hydrogen) atoms.